The second kappa shape index (κ2) is 5.50. The van der Waals surface area contributed by atoms with E-state index in [9.17, 15) is 9.90 Å². The Balaban J connectivity index is 1.70. The first-order chi connectivity index (χ1) is 12.1. The summed E-state index contributed by atoms with van der Waals surface area (Å²) in [5.41, 5.74) is 3.46. The molecule has 2 aromatic rings. The summed E-state index contributed by atoms with van der Waals surface area (Å²) in [6, 6.07) is 13.8. The summed E-state index contributed by atoms with van der Waals surface area (Å²) >= 11 is 6.52. The molecule has 128 valence electrons. The Bertz CT molecular complexity index is 865. The number of halogens is 1. The number of carboxylic acid groups (broad SMARTS) is 1. The normalized spacial score (nSPS) is 32.0. The van der Waals surface area contributed by atoms with Gasteiger partial charge in [0.25, 0.3) is 0 Å². The van der Waals surface area contributed by atoms with Crippen molar-refractivity contribution in [1.82, 2.24) is 0 Å². The minimum absolute atomic E-state index is 0.0852. The van der Waals surface area contributed by atoms with Crippen LogP contribution in [0.5, 0.6) is 0 Å². The molecule has 0 unspecified atom stereocenters. The van der Waals surface area contributed by atoms with Gasteiger partial charge < -0.3 is 10.4 Å². The van der Waals surface area contributed by atoms with E-state index in [1.807, 2.05) is 24.3 Å². The summed E-state index contributed by atoms with van der Waals surface area (Å²) in [6.07, 6.45) is 3.80. The largest absolute Gasteiger partial charge is 0.478 e. The van der Waals surface area contributed by atoms with Gasteiger partial charge in [-0.05, 0) is 66.2 Å². The molecule has 2 bridgehead atoms. The maximum absolute atomic E-state index is 11.8. The maximum Gasteiger partial charge on any atom is 0.337 e. The highest BCUT2D eigenvalue weighted by molar-refractivity contribution is 6.31. The minimum atomic E-state index is -0.871. The molecule has 2 aliphatic carbocycles. The molecule has 3 aliphatic rings. The Morgan fingerprint density at radius 3 is 2.60 bits per heavy atom. The topological polar surface area (TPSA) is 49.3 Å². The molecule has 0 amide bonds. The van der Waals surface area contributed by atoms with Crippen molar-refractivity contribution in [3.05, 3.63) is 64.2 Å². The van der Waals surface area contributed by atoms with Gasteiger partial charge in [0.05, 0.1) is 17.3 Å². The van der Waals surface area contributed by atoms with Gasteiger partial charge in [-0.1, -0.05) is 41.9 Å². The van der Waals surface area contributed by atoms with Gasteiger partial charge in [0, 0.05) is 5.02 Å². The van der Waals surface area contributed by atoms with Crippen molar-refractivity contribution < 1.29 is 9.90 Å². The summed E-state index contributed by atoms with van der Waals surface area (Å²) in [5.74, 6) is 1.44. The Morgan fingerprint density at radius 2 is 1.80 bits per heavy atom. The summed E-state index contributed by atoms with van der Waals surface area (Å²) in [6.45, 7) is 0. The van der Waals surface area contributed by atoms with Crippen LogP contribution in [0.1, 0.15) is 52.7 Å². The number of fused-ring (bicyclic) bond motifs is 7. The fourth-order valence-electron chi connectivity index (χ4n) is 5.73. The zero-order valence-corrected chi connectivity index (χ0v) is 14.5. The van der Waals surface area contributed by atoms with Crippen LogP contribution in [0.2, 0.25) is 5.02 Å². The minimum Gasteiger partial charge on any atom is -0.478 e. The molecule has 2 saturated carbocycles. The number of carboxylic acids is 1. The second-order valence-corrected chi connectivity index (χ2v) is 8.06. The molecule has 4 heteroatoms. The fraction of sp³-hybridized carbons (Fsp3) is 0.381. The van der Waals surface area contributed by atoms with Crippen LogP contribution < -0.4 is 5.32 Å². The lowest BCUT2D eigenvalue weighted by molar-refractivity contribution is 0.0697. The van der Waals surface area contributed by atoms with E-state index < -0.39 is 5.97 Å². The number of aromatic carboxylic acids is 1. The van der Waals surface area contributed by atoms with E-state index in [4.69, 9.17) is 11.6 Å². The Morgan fingerprint density at radius 1 is 1.04 bits per heavy atom. The number of rotatable bonds is 2. The van der Waals surface area contributed by atoms with Crippen LogP contribution >= 0.6 is 11.6 Å². The number of benzene rings is 2. The smallest absolute Gasteiger partial charge is 0.337 e. The highest BCUT2D eigenvalue weighted by Crippen LogP contribution is 2.64. The molecule has 2 fully saturated rings. The highest BCUT2D eigenvalue weighted by Gasteiger charge is 2.54. The molecular weight excluding hydrogens is 334 g/mol. The second-order valence-electron chi connectivity index (χ2n) is 7.65. The Labute approximate surface area is 152 Å². The predicted molar refractivity (Wildman–Crippen MR) is 98.3 cm³/mol. The monoisotopic (exact) mass is 353 g/mol. The molecule has 0 radical (unpaired) electrons. The van der Waals surface area contributed by atoms with Gasteiger partial charge in [-0.25, -0.2) is 4.79 Å². The molecule has 5 atom stereocenters. The van der Waals surface area contributed by atoms with E-state index in [0.717, 1.165) is 16.3 Å². The van der Waals surface area contributed by atoms with Crippen molar-refractivity contribution in [2.75, 3.05) is 5.32 Å². The molecule has 5 rings (SSSR count). The van der Waals surface area contributed by atoms with Gasteiger partial charge in [-0.15, -0.1) is 0 Å². The van der Waals surface area contributed by atoms with Crippen molar-refractivity contribution in [3.63, 3.8) is 0 Å². The van der Waals surface area contributed by atoms with Gasteiger partial charge in [-0.3, -0.25) is 0 Å². The third-order valence-corrected chi connectivity index (χ3v) is 6.94. The lowest BCUT2D eigenvalue weighted by Crippen LogP contribution is -2.36. The lowest BCUT2D eigenvalue weighted by atomic mass is 9.67. The first-order valence-electron chi connectivity index (χ1n) is 9.02. The molecule has 1 aliphatic heterocycles. The molecule has 0 saturated heterocycles. The van der Waals surface area contributed by atoms with Gasteiger partial charge in [0.1, 0.15) is 0 Å². The van der Waals surface area contributed by atoms with Crippen molar-refractivity contribution in [1.29, 1.82) is 0 Å². The Kier molecular flexibility index (Phi) is 3.36. The summed E-state index contributed by atoms with van der Waals surface area (Å²) in [4.78, 5) is 11.8. The number of para-hydroxylation sites is 1. The predicted octanol–water partition coefficient (Wildman–Crippen LogP) is 5.33. The SMILES string of the molecule is O=C(O)c1cccc2c1N[C@@H](c1ccccc1Cl)[C@H]1[C@@H]3CC[C@H](C3)[C@H]21. The molecule has 1 heterocycles. The number of hydrogen-bond acceptors (Lipinski definition) is 2. The Hall–Kier alpha value is -2.00. The average Bonchev–Trinajstić information content (AvgIpc) is 3.23. The number of anilines is 1. The average molecular weight is 354 g/mol. The van der Waals surface area contributed by atoms with Crippen LogP contribution in [0.15, 0.2) is 42.5 Å². The van der Waals surface area contributed by atoms with Crippen molar-refractivity contribution in [2.24, 2.45) is 17.8 Å². The van der Waals surface area contributed by atoms with Crippen molar-refractivity contribution >= 4 is 23.3 Å². The molecule has 3 nitrogen and oxygen atoms in total. The molecule has 0 aromatic heterocycles. The van der Waals surface area contributed by atoms with Crippen LogP contribution in [0.4, 0.5) is 5.69 Å². The van der Waals surface area contributed by atoms with Gasteiger partial charge in [0.15, 0.2) is 0 Å². The zero-order valence-electron chi connectivity index (χ0n) is 13.8. The molecular formula is C21H20ClNO2. The zero-order chi connectivity index (χ0) is 17.1. The number of nitrogens with one attached hydrogen (secondary N) is 1. The van der Waals surface area contributed by atoms with E-state index in [2.05, 4.69) is 17.4 Å². The first kappa shape index (κ1) is 15.3. The van der Waals surface area contributed by atoms with Crippen LogP contribution in [0.3, 0.4) is 0 Å². The highest BCUT2D eigenvalue weighted by atomic mass is 35.5. The van der Waals surface area contributed by atoms with E-state index in [0.29, 0.717) is 29.2 Å². The molecule has 2 aromatic carbocycles. The standard InChI is InChI=1S/C21H20ClNO2/c22-16-7-2-1-4-13(16)20-18-12-9-8-11(10-12)17(18)14-5-3-6-15(21(24)25)19(14)23-20/h1-7,11-12,17-18,20,23H,8-10H2,(H,24,25)/t11-,12-,17-,18+,20+/m1/s1. The first-order valence-corrected chi connectivity index (χ1v) is 9.40. The van der Waals surface area contributed by atoms with Gasteiger partial charge in [-0.2, -0.15) is 0 Å². The van der Waals surface area contributed by atoms with Crippen LogP contribution in [0.25, 0.3) is 0 Å². The van der Waals surface area contributed by atoms with Crippen LogP contribution in [0, 0.1) is 17.8 Å². The van der Waals surface area contributed by atoms with E-state index >= 15 is 0 Å². The third-order valence-electron chi connectivity index (χ3n) is 6.59. The van der Waals surface area contributed by atoms with Crippen LogP contribution in [-0.4, -0.2) is 11.1 Å². The van der Waals surface area contributed by atoms with Crippen molar-refractivity contribution in [2.45, 2.75) is 31.2 Å². The van der Waals surface area contributed by atoms with E-state index in [1.54, 1.807) is 6.07 Å². The van der Waals surface area contributed by atoms with Crippen molar-refractivity contribution in [3.8, 4) is 0 Å². The summed E-state index contributed by atoms with van der Waals surface area (Å²) in [5, 5.41) is 14.0. The third kappa shape index (κ3) is 2.15. The maximum atomic E-state index is 11.8. The van der Waals surface area contributed by atoms with Crippen LogP contribution in [-0.2, 0) is 0 Å². The summed E-state index contributed by atoms with van der Waals surface area (Å²) in [7, 11) is 0. The fourth-order valence-corrected chi connectivity index (χ4v) is 5.98. The van der Waals surface area contributed by atoms with Gasteiger partial charge in [0.2, 0.25) is 0 Å². The number of hydrogen-bond donors (Lipinski definition) is 2. The molecule has 0 spiro atoms. The molecule has 25 heavy (non-hydrogen) atoms. The van der Waals surface area contributed by atoms with E-state index in [-0.39, 0.29) is 6.04 Å². The quantitative estimate of drug-likeness (QED) is 0.766. The lowest BCUT2D eigenvalue weighted by Gasteiger charge is -2.44. The van der Waals surface area contributed by atoms with Gasteiger partial charge >= 0.3 is 5.97 Å². The number of carbonyl (C=O) groups is 1. The van der Waals surface area contributed by atoms with E-state index in [1.165, 1.54) is 24.8 Å². The summed E-state index contributed by atoms with van der Waals surface area (Å²) < 4.78 is 0. The molecule has 2 N–H and O–H groups in total.